The molecule has 9 heteroatoms. The maximum atomic E-state index is 12.0. The van der Waals surface area contributed by atoms with Crippen LogP contribution >= 0.6 is 22.9 Å². The van der Waals surface area contributed by atoms with E-state index in [1.54, 1.807) is 35.3 Å². The molecule has 1 aromatic carbocycles. The van der Waals surface area contributed by atoms with Crippen LogP contribution < -0.4 is 5.32 Å². The fourth-order valence-electron chi connectivity index (χ4n) is 1.59. The Hall–Kier alpha value is -2.32. The Morgan fingerprint density at radius 2 is 2.10 bits per heavy atom. The topological polar surface area (TPSA) is 85.6 Å². The average Bonchev–Trinajstić information content (AvgIpc) is 3.12. The van der Waals surface area contributed by atoms with Crippen LogP contribution in [-0.2, 0) is 6.54 Å². The molecule has 2 heterocycles. The Kier molecular flexibility index (Phi) is 3.89. The third-order valence-electron chi connectivity index (χ3n) is 2.56. The zero-order valence-electron chi connectivity index (χ0n) is 10.6. The van der Waals surface area contributed by atoms with E-state index in [4.69, 9.17) is 11.6 Å². The fraction of sp³-hybridized carbons (Fsp3) is 0.0833. The largest absolute Gasteiger partial charge is 0.296 e. The third kappa shape index (κ3) is 3.41. The number of carbonyl (C=O) groups excluding carboxylic acids is 1. The lowest BCUT2D eigenvalue weighted by atomic mass is 10.2. The van der Waals surface area contributed by atoms with Crippen LogP contribution in [-0.4, -0.2) is 30.9 Å². The van der Waals surface area contributed by atoms with Gasteiger partial charge in [-0.2, -0.15) is 5.10 Å². The maximum Gasteiger partial charge on any atom is 0.257 e. The van der Waals surface area contributed by atoms with Crippen molar-refractivity contribution in [1.29, 1.82) is 0 Å². The van der Waals surface area contributed by atoms with Crippen LogP contribution in [0.15, 0.2) is 36.9 Å². The van der Waals surface area contributed by atoms with Gasteiger partial charge in [0.25, 0.3) is 5.91 Å². The SMILES string of the molecule is O=C(Nc1nnc(Cn2cncn2)s1)c1ccc(Cl)cc1. The first-order chi connectivity index (χ1) is 10.2. The molecule has 0 unspecified atom stereocenters. The Bertz CT molecular complexity index is 739. The summed E-state index contributed by atoms with van der Waals surface area (Å²) in [4.78, 5) is 15.9. The van der Waals surface area contributed by atoms with Crippen molar-refractivity contribution in [2.75, 3.05) is 5.32 Å². The fourth-order valence-corrected chi connectivity index (χ4v) is 2.44. The summed E-state index contributed by atoms with van der Waals surface area (Å²) in [6.45, 7) is 0.467. The second-order valence-electron chi connectivity index (χ2n) is 4.06. The molecule has 0 radical (unpaired) electrons. The van der Waals surface area contributed by atoms with Crippen molar-refractivity contribution >= 4 is 34.0 Å². The number of rotatable bonds is 4. The summed E-state index contributed by atoms with van der Waals surface area (Å²) in [5, 5.41) is 16.3. The molecule has 0 saturated carbocycles. The molecular formula is C12H9ClN6OS. The highest BCUT2D eigenvalue weighted by molar-refractivity contribution is 7.15. The molecule has 2 aromatic heterocycles. The van der Waals surface area contributed by atoms with Gasteiger partial charge in [-0.05, 0) is 24.3 Å². The number of halogens is 1. The first kappa shape index (κ1) is 13.7. The molecule has 1 amide bonds. The zero-order valence-corrected chi connectivity index (χ0v) is 12.2. The van der Waals surface area contributed by atoms with Crippen LogP contribution in [0.1, 0.15) is 15.4 Å². The van der Waals surface area contributed by atoms with E-state index in [9.17, 15) is 4.79 Å². The van der Waals surface area contributed by atoms with Gasteiger partial charge in [-0.1, -0.05) is 22.9 Å². The maximum absolute atomic E-state index is 12.0. The lowest BCUT2D eigenvalue weighted by molar-refractivity contribution is 0.102. The standard InChI is InChI=1S/C12H9ClN6OS/c13-9-3-1-8(2-4-9)11(20)16-12-18-17-10(21-12)5-19-7-14-6-15-19/h1-4,6-7H,5H2,(H,16,18,20). The molecule has 7 nitrogen and oxygen atoms in total. The quantitative estimate of drug-likeness (QED) is 0.795. The smallest absolute Gasteiger partial charge is 0.257 e. The summed E-state index contributed by atoms with van der Waals surface area (Å²) < 4.78 is 1.63. The molecule has 0 spiro atoms. The number of benzene rings is 1. The number of hydrogen-bond donors (Lipinski definition) is 1. The third-order valence-corrected chi connectivity index (χ3v) is 3.63. The highest BCUT2D eigenvalue weighted by atomic mass is 35.5. The van der Waals surface area contributed by atoms with Crippen LogP contribution in [0.25, 0.3) is 0 Å². The Labute approximate surface area is 128 Å². The summed E-state index contributed by atoms with van der Waals surface area (Å²) in [6, 6.07) is 6.61. The number of nitrogens with one attached hydrogen (secondary N) is 1. The summed E-state index contributed by atoms with van der Waals surface area (Å²) >= 11 is 7.07. The monoisotopic (exact) mass is 320 g/mol. The van der Waals surface area contributed by atoms with Crippen molar-refractivity contribution in [3.63, 3.8) is 0 Å². The number of amides is 1. The molecule has 0 fully saturated rings. The average molecular weight is 321 g/mol. The molecule has 0 atom stereocenters. The van der Waals surface area contributed by atoms with Crippen LogP contribution in [0.5, 0.6) is 0 Å². The molecule has 0 aliphatic heterocycles. The van der Waals surface area contributed by atoms with E-state index in [1.165, 1.54) is 17.7 Å². The van der Waals surface area contributed by atoms with Crippen molar-refractivity contribution < 1.29 is 4.79 Å². The lowest BCUT2D eigenvalue weighted by Gasteiger charge is -2.00. The number of carbonyl (C=O) groups is 1. The van der Waals surface area contributed by atoms with Gasteiger partial charge in [-0.3, -0.25) is 10.1 Å². The number of anilines is 1. The summed E-state index contributed by atoms with van der Waals surface area (Å²) in [6.07, 6.45) is 3.04. The second-order valence-corrected chi connectivity index (χ2v) is 5.55. The van der Waals surface area contributed by atoms with E-state index < -0.39 is 0 Å². The first-order valence-corrected chi connectivity index (χ1v) is 7.12. The van der Waals surface area contributed by atoms with Gasteiger partial charge < -0.3 is 0 Å². The molecule has 1 N–H and O–H groups in total. The van der Waals surface area contributed by atoms with E-state index in [2.05, 4.69) is 25.6 Å². The van der Waals surface area contributed by atoms with Crippen LogP contribution in [0.2, 0.25) is 5.02 Å². The van der Waals surface area contributed by atoms with Crippen LogP contribution in [0.4, 0.5) is 5.13 Å². The predicted octanol–water partition coefficient (Wildman–Crippen LogP) is 2.08. The van der Waals surface area contributed by atoms with Crippen molar-refractivity contribution in [3.05, 3.63) is 52.5 Å². The molecule has 0 saturated heterocycles. The number of hydrogen-bond acceptors (Lipinski definition) is 6. The minimum atomic E-state index is -0.255. The first-order valence-electron chi connectivity index (χ1n) is 5.92. The van der Waals surface area contributed by atoms with Gasteiger partial charge in [0.2, 0.25) is 5.13 Å². The molecule has 106 valence electrons. The molecule has 0 bridgehead atoms. The highest BCUT2D eigenvalue weighted by Crippen LogP contribution is 2.17. The summed E-state index contributed by atoms with van der Waals surface area (Å²) in [7, 11) is 0. The molecule has 3 rings (SSSR count). The van der Waals surface area contributed by atoms with E-state index in [0.29, 0.717) is 22.3 Å². The summed E-state index contributed by atoms with van der Waals surface area (Å²) in [5.74, 6) is -0.255. The van der Waals surface area contributed by atoms with Crippen LogP contribution in [0, 0.1) is 0 Å². The van der Waals surface area contributed by atoms with Crippen molar-refractivity contribution in [1.82, 2.24) is 25.0 Å². The molecule has 0 aliphatic rings. The molecular weight excluding hydrogens is 312 g/mol. The van der Waals surface area contributed by atoms with Crippen LogP contribution in [0.3, 0.4) is 0 Å². The molecule has 3 aromatic rings. The molecule has 21 heavy (non-hydrogen) atoms. The predicted molar refractivity (Wildman–Crippen MR) is 78.4 cm³/mol. The van der Waals surface area contributed by atoms with Crippen molar-refractivity contribution in [2.24, 2.45) is 0 Å². The van der Waals surface area contributed by atoms with Gasteiger partial charge >= 0.3 is 0 Å². The second kappa shape index (κ2) is 5.98. The highest BCUT2D eigenvalue weighted by Gasteiger charge is 2.10. The van der Waals surface area contributed by atoms with Gasteiger partial charge in [-0.25, -0.2) is 9.67 Å². The Morgan fingerprint density at radius 3 is 2.81 bits per heavy atom. The van der Waals surface area contributed by atoms with Gasteiger partial charge in [-0.15, -0.1) is 10.2 Å². The van der Waals surface area contributed by atoms with E-state index >= 15 is 0 Å². The van der Waals surface area contributed by atoms with Gasteiger partial charge in [0.15, 0.2) is 0 Å². The van der Waals surface area contributed by atoms with Crippen molar-refractivity contribution in [2.45, 2.75) is 6.54 Å². The summed E-state index contributed by atoms with van der Waals surface area (Å²) in [5.41, 5.74) is 0.507. The lowest BCUT2D eigenvalue weighted by Crippen LogP contribution is -2.11. The van der Waals surface area contributed by atoms with Gasteiger partial charge in [0, 0.05) is 10.6 Å². The zero-order chi connectivity index (χ0) is 14.7. The van der Waals surface area contributed by atoms with Crippen molar-refractivity contribution in [3.8, 4) is 0 Å². The minimum absolute atomic E-state index is 0.255. The molecule has 0 aliphatic carbocycles. The van der Waals surface area contributed by atoms with E-state index in [-0.39, 0.29) is 5.91 Å². The van der Waals surface area contributed by atoms with E-state index in [1.807, 2.05) is 0 Å². The Morgan fingerprint density at radius 1 is 1.29 bits per heavy atom. The van der Waals surface area contributed by atoms with E-state index in [0.717, 1.165) is 5.01 Å². The van der Waals surface area contributed by atoms with Gasteiger partial charge in [0.1, 0.15) is 17.7 Å². The normalized spacial score (nSPS) is 10.5. The number of aromatic nitrogens is 5. The minimum Gasteiger partial charge on any atom is -0.296 e. The number of nitrogens with zero attached hydrogens (tertiary/aromatic N) is 5. The van der Waals surface area contributed by atoms with Gasteiger partial charge in [0.05, 0.1) is 6.54 Å². The Balaban J connectivity index is 1.66.